The van der Waals surface area contributed by atoms with E-state index in [2.05, 4.69) is 325 Å². The van der Waals surface area contributed by atoms with Crippen molar-refractivity contribution >= 4 is 125 Å². The van der Waals surface area contributed by atoms with E-state index in [1.807, 2.05) is 0 Å². The summed E-state index contributed by atoms with van der Waals surface area (Å²) in [5.74, 6) is 7.20. The summed E-state index contributed by atoms with van der Waals surface area (Å²) in [5, 5.41) is 0. The Kier molecular flexibility index (Phi) is 23.5. The summed E-state index contributed by atoms with van der Waals surface area (Å²) in [4.78, 5) is 0. The number of fused-ring (bicyclic) bond motifs is 3. The van der Waals surface area contributed by atoms with Crippen LogP contribution < -0.4 is 0 Å². The molecule has 0 atom stereocenters. The van der Waals surface area contributed by atoms with Crippen LogP contribution in [0.1, 0.15) is 162 Å². The molecule has 0 unspecified atom stereocenters. The lowest BCUT2D eigenvalue weighted by atomic mass is 9.70. The van der Waals surface area contributed by atoms with Crippen molar-refractivity contribution in [3.05, 3.63) is 220 Å². The average Bonchev–Trinajstić information content (AvgIpc) is 3.83. The maximum Gasteiger partial charge on any atom is 0.170 e. The van der Waals surface area contributed by atoms with E-state index in [9.17, 15) is 0 Å². The fraction of sp³-hybridized carbons (Fsp3) is 0.324. The van der Waals surface area contributed by atoms with Gasteiger partial charge < -0.3 is 0 Å². The van der Waals surface area contributed by atoms with Crippen LogP contribution in [0.2, 0.25) is 26.2 Å². The second-order valence-corrected chi connectivity index (χ2v) is 36.3. The van der Waals surface area contributed by atoms with Crippen LogP contribution in [0.25, 0.3) is 29.4 Å². The zero-order valence-electron chi connectivity index (χ0n) is 46.9. The van der Waals surface area contributed by atoms with Crippen molar-refractivity contribution in [1.82, 2.24) is 0 Å². The van der Waals surface area contributed by atoms with E-state index in [-0.39, 0.29) is 5.41 Å². The summed E-state index contributed by atoms with van der Waals surface area (Å²) in [6, 6.07) is 58.7. The molecule has 77 heavy (non-hydrogen) atoms. The highest BCUT2D eigenvalue weighted by Gasteiger charge is 2.43. The summed E-state index contributed by atoms with van der Waals surface area (Å²) in [5.41, 5.74) is 26.6. The lowest BCUT2D eigenvalue weighted by Crippen LogP contribution is -2.26. The number of hydrogen-bond acceptors (Lipinski definition) is 0. The van der Waals surface area contributed by atoms with Gasteiger partial charge in [0.15, 0.2) is 16.1 Å². The van der Waals surface area contributed by atoms with Gasteiger partial charge in [-0.3, -0.25) is 0 Å². The van der Waals surface area contributed by atoms with Crippen LogP contribution in [0.15, 0.2) is 175 Å². The van der Waals surface area contributed by atoms with Crippen molar-refractivity contribution in [2.75, 3.05) is 0 Å². The predicted molar refractivity (Wildman–Crippen MR) is 378 cm³/mol. The van der Waals surface area contributed by atoms with Crippen molar-refractivity contribution < 1.29 is 0 Å². The number of allylic oxidation sites excluding steroid dienone is 4. The van der Waals surface area contributed by atoms with E-state index in [0.29, 0.717) is 0 Å². The van der Waals surface area contributed by atoms with Gasteiger partial charge in [0.25, 0.3) is 0 Å². The molecule has 6 heteroatoms. The fourth-order valence-electron chi connectivity index (χ4n) is 11.0. The monoisotopic (exact) mass is 1490 g/mol. The Morgan fingerprint density at radius 2 is 0.753 bits per heavy atom. The highest BCUT2D eigenvalue weighted by atomic mass is 127. The lowest BCUT2D eigenvalue weighted by molar-refractivity contribution is 0.401. The first-order chi connectivity index (χ1) is 37.2. The number of halogens is 4. The molecule has 6 aromatic carbocycles. The van der Waals surface area contributed by atoms with Crippen LogP contribution in [-0.4, -0.2) is 16.1 Å². The minimum absolute atomic E-state index is 0.0925. The van der Waals surface area contributed by atoms with Crippen LogP contribution in [0.3, 0.4) is 0 Å². The van der Waals surface area contributed by atoms with Gasteiger partial charge in [0.05, 0.1) is 0 Å². The first-order valence-corrected chi connectivity index (χ1v) is 38.7. The Labute approximate surface area is 522 Å². The molecular weight excluding hydrogens is 1420 g/mol. The molecule has 6 aromatic rings. The van der Waals surface area contributed by atoms with E-state index >= 15 is 0 Å². The Bertz CT molecular complexity index is 2990. The highest BCUT2D eigenvalue weighted by Crippen LogP contribution is 2.57. The minimum atomic E-state index is -2.23. The molecule has 0 bridgehead atoms. The summed E-state index contributed by atoms with van der Waals surface area (Å²) >= 11 is 10.9. The molecule has 0 radical (unpaired) electrons. The van der Waals surface area contributed by atoms with E-state index in [4.69, 9.17) is 0 Å². The molecule has 1 aliphatic rings. The molecule has 0 heterocycles. The third-order valence-corrected chi connectivity index (χ3v) is 31.1. The quantitative estimate of drug-likeness (QED) is 0.0209. The average molecular weight is 1500 g/mol. The van der Waals surface area contributed by atoms with Gasteiger partial charge >= 0.3 is 0 Å². The number of rotatable bonds is 22. The third kappa shape index (κ3) is 15.2. The molecule has 0 N–H and O–H groups in total. The van der Waals surface area contributed by atoms with Gasteiger partial charge in [-0.1, -0.05) is 296 Å². The Balaban J connectivity index is 1.45. The molecule has 0 saturated carbocycles. The first kappa shape index (κ1) is 61.4. The fourth-order valence-corrected chi connectivity index (χ4v) is 17.8. The van der Waals surface area contributed by atoms with Gasteiger partial charge in [-0.2, -0.15) is 0 Å². The van der Waals surface area contributed by atoms with Crippen LogP contribution in [0.4, 0.5) is 0 Å². The van der Waals surface area contributed by atoms with Crippen LogP contribution in [0, 0.1) is 22.9 Å². The standard InChI is InChI=1S/C71H78I4Si2/c1-9-13-15-29-47-71(48-30-16-14-10-2)63-51-57(67(72)61(31-11-3)65(55-37-25-19-26-38-55)69(74)76(5,6)49-45-53-33-21-17-22-34-53)41-43-59(63)60-44-42-58(52-64(60)71)68(73)62(32-12-4)66(56-39-27-20-28-40-56)70(75)77(7,8)50-46-54-35-23-18-24-36-54/h17-28,33-44,51-52H,9-16,29-32,47-48H2,1-8H3/b67-61-,68-62-,69-65+,70-66+. The van der Waals surface area contributed by atoms with Gasteiger partial charge in [0.2, 0.25) is 0 Å². The van der Waals surface area contributed by atoms with E-state index in [1.165, 1.54) is 121 Å². The highest BCUT2D eigenvalue weighted by molar-refractivity contribution is 14.1. The SMILES string of the molecule is CCCCCCC1(CCCCCC)c2cc(/C(I)=C(CCC)/C(=C(\I)[Si](C)(C)C#Cc3ccccc3)c3ccccc3)ccc2-c2ccc(/C(I)=C(CCC)/C(=C(\I)[Si](C)(C)C#Cc3ccccc3)c3ccccc3)cc21. The molecule has 1 aliphatic carbocycles. The second-order valence-electron chi connectivity index (χ2n) is 21.9. The maximum absolute atomic E-state index is 3.86. The summed E-state index contributed by atoms with van der Waals surface area (Å²) < 4.78 is 5.56. The van der Waals surface area contributed by atoms with E-state index in [1.54, 1.807) is 11.1 Å². The van der Waals surface area contributed by atoms with Crippen molar-refractivity contribution in [3.8, 4) is 34.1 Å². The van der Waals surface area contributed by atoms with Gasteiger partial charge in [0.1, 0.15) is 0 Å². The largest absolute Gasteiger partial charge is 0.170 e. The number of unbranched alkanes of at least 4 members (excludes halogenated alkanes) is 6. The van der Waals surface area contributed by atoms with Gasteiger partial charge in [-0.05, 0) is 180 Å². The smallest absolute Gasteiger partial charge is 0.120 e. The van der Waals surface area contributed by atoms with Crippen molar-refractivity contribution in [1.29, 1.82) is 0 Å². The third-order valence-electron chi connectivity index (χ3n) is 15.2. The minimum Gasteiger partial charge on any atom is -0.120 e. The Hall–Kier alpha value is -3.25. The van der Waals surface area contributed by atoms with Gasteiger partial charge in [-0.25, -0.2) is 0 Å². The molecule has 0 fully saturated rings. The molecular formula is C71H78I4Si2. The normalized spacial score (nSPS) is 14.1. The molecule has 0 aromatic heterocycles. The summed E-state index contributed by atoms with van der Waals surface area (Å²) in [6.45, 7) is 19.1. The van der Waals surface area contributed by atoms with Crippen molar-refractivity contribution in [3.63, 3.8) is 0 Å². The van der Waals surface area contributed by atoms with Crippen LogP contribution in [-0.2, 0) is 5.41 Å². The van der Waals surface area contributed by atoms with Gasteiger partial charge in [0, 0.05) is 23.7 Å². The zero-order valence-corrected chi connectivity index (χ0v) is 57.6. The molecule has 0 spiro atoms. The Morgan fingerprint density at radius 1 is 0.403 bits per heavy atom. The Morgan fingerprint density at radius 3 is 1.09 bits per heavy atom. The van der Waals surface area contributed by atoms with Gasteiger partial charge in [-0.15, -0.1) is 11.1 Å². The number of benzene rings is 6. The topological polar surface area (TPSA) is 0 Å². The van der Waals surface area contributed by atoms with Crippen LogP contribution >= 0.6 is 90.4 Å². The molecule has 0 aliphatic heterocycles. The number of hydrogen-bond donors (Lipinski definition) is 0. The molecule has 0 amide bonds. The van der Waals surface area contributed by atoms with Crippen LogP contribution in [0.5, 0.6) is 0 Å². The van der Waals surface area contributed by atoms with Crippen molar-refractivity contribution in [2.45, 2.75) is 149 Å². The summed E-state index contributed by atoms with van der Waals surface area (Å²) in [7, 11) is -4.46. The first-order valence-electron chi connectivity index (χ1n) is 28.4. The zero-order chi connectivity index (χ0) is 55.0. The van der Waals surface area contributed by atoms with Crippen molar-refractivity contribution in [2.24, 2.45) is 0 Å². The molecule has 7 rings (SSSR count). The predicted octanol–water partition coefficient (Wildman–Crippen LogP) is 23.2. The lowest BCUT2D eigenvalue weighted by Gasteiger charge is -2.33. The second kappa shape index (κ2) is 29.5. The summed E-state index contributed by atoms with van der Waals surface area (Å²) in [6.07, 6.45) is 16.4. The molecule has 0 saturated heterocycles. The van der Waals surface area contributed by atoms with E-state index < -0.39 is 16.1 Å². The molecule has 398 valence electrons. The van der Waals surface area contributed by atoms with E-state index in [0.717, 1.165) is 49.7 Å². The maximum atomic E-state index is 3.86. The molecule has 0 nitrogen and oxygen atoms in total.